The summed E-state index contributed by atoms with van der Waals surface area (Å²) in [5, 5.41) is 0.485. The van der Waals surface area contributed by atoms with Gasteiger partial charge in [-0.05, 0) is 91.1 Å². The van der Waals surface area contributed by atoms with E-state index in [1.807, 2.05) is 54.8 Å². The third-order valence-corrected chi connectivity index (χ3v) is 11.2. The lowest BCUT2D eigenvalue weighted by atomic mass is 9.92. The highest BCUT2D eigenvalue weighted by Gasteiger charge is 2.34. The number of ether oxygens (including phenoxy) is 1. The first-order valence-corrected chi connectivity index (χ1v) is 18.5. The molecule has 1 atom stereocenters. The zero-order chi connectivity index (χ0) is 36.8. The summed E-state index contributed by atoms with van der Waals surface area (Å²) in [5.74, 6) is 0.118. The number of carbonyl (C=O) groups excluding carboxylic acids is 2. The number of hydrogen-bond acceptors (Lipinski definition) is 6. The number of halogens is 2. The number of fused-ring (bicyclic) bond motifs is 2. The molecule has 0 bridgehead atoms. The summed E-state index contributed by atoms with van der Waals surface area (Å²) in [6, 6.07) is 23.4. The Bertz CT molecular complexity index is 2200. The maximum Gasteiger partial charge on any atom is 0.264 e. The molecule has 0 aliphatic carbocycles. The molecule has 2 aromatic heterocycles. The average Bonchev–Trinajstić information content (AvgIpc) is 3.69. The van der Waals surface area contributed by atoms with Crippen molar-refractivity contribution < 1.29 is 18.7 Å². The second-order valence-electron chi connectivity index (χ2n) is 14.2. The van der Waals surface area contributed by atoms with Crippen molar-refractivity contribution in [3.63, 3.8) is 0 Å². The molecule has 0 spiro atoms. The van der Waals surface area contributed by atoms with Crippen LogP contribution in [0.2, 0.25) is 5.02 Å². The maximum atomic E-state index is 14.8. The van der Waals surface area contributed by atoms with Crippen LogP contribution in [0.15, 0.2) is 85.1 Å². The van der Waals surface area contributed by atoms with E-state index >= 15 is 0 Å². The molecular weight excluding hydrogens is 691 g/mol. The number of benzene rings is 3. The number of carbonyl (C=O) groups is 2. The molecule has 11 heteroatoms. The molecule has 5 aromatic rings. The summed E-state index contributed by atoms with van der Waals surface area (Å²) < 4.78 is 21.7. The Morgan fingerprint density at radius 1 is 0.906 bits per heavy atom. The largest absolute Gasteiger partial charge is 0.379 e. The Kier molecular flexibility index (Phi) is 9.53. The summed E-state index contributed by atoms with van der Waals surface area (Å²) in [6.45, 7) is 7.02. The average molecular weight is 733 g/mol. The van der Waals surface area contributed by atoms with Gasteiger partial charge in [0, 0.05) is 86.1 Å². The van der Waals surface area contributed by atoms with Crippen molar-refractivity contribution in [2.75, 3.05) is 56.2 Å². The van der Waals surface area contributed by atoms with Gasteiger partial charge in [0.15, 0.2) is 0 Å². The van der Waals surface area contributed by atoms with Gasteiger partial charge < -0.3 is 19.1 Å². The van der Waals surface area contributed by atoms with Crippen molar-refractivity contribution in [1.29, 1.82) is 0 Å². The van der Waals surface area contributed by atoms with Crippen molar-refractivity contribution >= 4 is 40.6 Å². The van der Waals surface area contributed by atoms with Gasteiger partial charge in [0.2, 0.25) is 0 Å². The van der Waals surface area contributed by atoms with Crippen molar-refractivity contribution in [3.8, 4) is 11.3 Å². The SMILES string of the molecule is Cc1c(C(=O)N(c2ccc(F)cc2)c2cnc3c(c2)CCN3C)cc(-c2cc(Cl)ccc2C(=O)N2Cc3ccccc3C[C@H]2CN2CCOCC2)n1C. The zero-order valence-electron chi connectivity index (χ0n) is 30.2. The van der Waals surface area contributed by atoms with Crippen LogP contribution in [0.25, 0.3) is 11.3 Å². The van der Waals surface area contributed by atoms with Crippen LogP contribution in [0, 0.1) is 12.7 Å². The molecule has 3 aliphatic rings. The Labute approximate surface area is 314 Å². The summed E-state index contributed by atoms with van der Waals surface area (Å²) in [5.41, 5.74) is 7.57. The first kappa shape index (κ1) is 35.0. The number of rotatable bonds is 7. The van der Waals surface area contributed by atoms with Crippen LogP contribution in [0.4, 0.5) is 21.6 Å². The van der Waals surface area contributed by atoms with E-state index in [0.717, 1.165) is 56.0 Å². The second-order valence-corrected chi connectivity index (χ2v) is 14.7. The fourth-order valence-corrected chi connectivity index (χ4v) is 8.11. The topological polar surface area (TPSA) is 74.2 Å². The molecule has 0 saturated carbocycles. The molecule has 2 amide bonds. The van der Waals surface area contributed by atoms with Crippen molar-refractivity contribution in [3.05, 3.63) is 129 Å². The van der Waals surface area contributed by atoms with Crippen molar-refractivity contribution in [2.24, 2.45) is 7.05 Å². The standard InChI is InChI=1S/C42H42ClFN6O3/c1-27-37(42(52)50(33-11-9-32(44)10-12-33)34-21-29-14-15-46(2)40(29)45-24-34)23-39(47(27)3)38-22-31(43)8-13-36(38)41(51)49-25-30-7-5-4-6-28(30)20-35(49)26-48-16-18-53-19-17-48/h4-13,21-24,35H,14-20,25-26H2,1-3H3/t35-/m0/s1. The maximum absolute atomic E-state index is 14.8. The Hall–Kier alpha value is -5.03. The van der Waals surface area contributed by atoms with Crippen molar-refractivity contribution in [1.82, 2.24) is 19.4 Å². The van der Waals surface area contributed by atoms with Gasteiger partial charge in [-0.15, -0.1) is 0 Å². The molecule has 0 radical (unpaired) electrons. The van der Waals surface area contributed by atoms with E-state index in [4.69, 9.17) is 21.3 Å². The third-order valence-electron chi connectivity index (χ3n) is 11.0. The molecule has 0 unspecified atom stereocenters. The Morgan fingerprint density at radius 2 is 1.66 bits per heavy atom. The highest BCUT2D eigenvalue weighted by Crippen LogP contribution is 2.37. The van der Waals surface area contributed by atoms with Crippen LogP contribution >= 0.6 is 11.6 Å². The number of hydrogen-bond donors (Lipinski definition) is 0. The lowest BCUT2D eigenvalue weighted by Crippen LogP contribution is -2.52. The molecule has 0 N–H and O–H groups in total. The van der Waals surface area contributed by atoms with E-state index in [1.165, 1.54) is 17.7 Å². The van der Waals surface area contributed by atoms with Crippen molar-refractivity contribution in [2.45, 2.75) is 32.4 Å². The molecule has 53 heavy (non-hydrogen) atoms. The van der Waals surface area contributed by atoms with Crippen LogP contribution in [0.1, 0.15) is 43.1 Å². The fourth-order valence-electron chi connectivity index (χ4n) is 7.94. The van der Waals surface area contributed by atoms with Crippen LogP contribution in [0.3, 0.4) is 0 Å². The molecule has 3 aromatic carbocycles. The molecule has 9 nitrogen and oxygen atoms in total. The number of likely N-dealkylation sites (N-methyl/N-ethyl adjacent to an activating group) is 1. The van der Waals surface area contributed by atoms with Gasteiger partial charge in [-0.2, -0.15) is 0 Å². The van der Waals surface area contributed by atoms with Gasteiger partial charge >= 0.3 is 0 Å². The monoisotopic (exact) mass is 732 g/mol. The number of aromatic nitrogens is 2. The number of anilines is 3. The van der Waals surface area contributed by atoms with Gasteiger partial charge in [0.1, 0.15) is 11.6 Å². The van der Waals surface area contributed by atoms with Crippen LogP contribution in [0.5, 0.6) is 0 Å². The van der Waals surface area contributed by atoms with E-state index in [2.05, 4.69) is 28.0 Å². The third kappa shape index (κ3) is 6.71. The first-order valence-electron chi connectivity index (χ1n) is 18.1. The Morgan fingerprint density at radius 3 is 2.43 bits per heavy atom. The molecule has 5 heterocycles. The van der Waals surface area contributed by atoms with Gasteiger partial charge in [-0.1, -0.05) is 35.9 Å². The molecular formula is C42H42ClFN6O3. The lowest BCUT2D eigenvalue weighted by molar-refractivity contribution is 0.0193. The van der Waals surface area contributed by atoms with E-state index in [9.17, 15) is 14.0 Å². The zero-order valence-corrected chi connectivity index (χ0v) is 30.9. The normalized spacial score (nSPS) is 17.1. The van der Waals surface area contributed by atoms with E-state index in [-0.39, 0.29) is 17.9 Å². The minimum Gasteiger partial charge on any atom is -0.379 e. The summed E-state index contributed by atoms with van der Waals surface area (Å²) in [4.78, 5) is 42.4. The quantitative estimate of drug-likeness (QED) is 0.179. The van der Waals surface area contributed by atoms with Crippen LogP contribution < -0.4 is 9.80 Å². The lowest BCUT2D eigenvalue weighted by Gasteiger charge is -2.40. The van der Waals surface area contributed by atoms with Crippen LogP contribution in [-0.4, -0.2) is 83.6 Å². The predicted octanol–water partition coefficient (Wildman–Crippen LogP) is 7.06. The van der Waals surface area contributed by atoms with E-state index in [0.29, 0.717) is 64.2 Å². The highest BCUT2D eigenvalue weighted by molar-refractivity contribution is 6.31. The number of pyridine rings is 1. The molecule has 1 fully saturated rings. The van der Waals surface area contributed by atoms with Gasteiger partial charge in [-0.3, -0.25) is 19.4 Å². The molecule has 272 valence electrons. The summed E-state index contributed by atoms with van der Waals surface area (Å²) >= 11 is 6.65. The van der Waals surface area contributed by atoms with Gasteiger partial charge in [-0.25, -0.2) is 9.37 Å². The van der Waals surface area contributed by atoms with Gasteiger partial charge in [0.25, 0.3) is 11.8 Å². The Balaban J connectivity index is 1.18. The molecule has 3 aliphatic heterocycles. The first-order chi connectivity index (χ1) is 25.7. The highest BCUT2D eigenvalue weighted by atomic mass is 35.5. The second kappa shape index (κ2) is 14.4. The molecule has 8 rings (SSSR count). The number of amides is 2. The minimum absolute atomic E-state index is 0.0312. The fraction of sp³-hybridized carbons (Fsp3) is 0.310. The number of morpholine rings is 1. The number of nitrogens with zero attached hydrogens (tertiary/aromatic N) is 6. The van der Waals surface area contributed by atoms with Crippen LogP contribution in [-0.2, 0) is 31.2 Å². The van der Waals surface area contributed by atoms with E-state index in [1.54, 1.807) is 35.4 Å². The van der Waals surface area contributed by atoms with E-state index < -0.39 is 5.82 Å². The summed E-state index contributed by atoms with van der Waals surface area (Å²) in [7, 11) is 3.89. The molecule has 1 saturated heterocycles. The summed E-state index contributed by atoms with van der Waals surface area (Å²) in [6.07, 6.45) is 3.27. The van der Waals surface area contributed by atoms with Gasteiger partial charge in [0.05, 0.1) is 30.7 Å². The smallest absolute Gasteiger partial charge is 0.264 e. The minimum atomic E-state index is -0.393. The predicted molar refractivity (Wildman–Crippen MR) is 206 cm³/mol.